The third kappa shape index (κ3) is 3.67. The number of nitrogens with zero attached hydrogens (tertiary/aromatic N) is 1. The Labute approximate surface area is 136 Å². The quantitative estimate of drug-likeness (QED) is 0.771. The van der Waals surface area contributed by atoms with Crippen LogP contribution in [0.5, 0.6) is 0 Å². The number of aromatic nitrogens is 1. The van der Waals surface area contributed by atoms with E-state index in [4.69, 9.17) is 16.0 Å². The second-order valence-electron chi connectivity index (χ2n) is 4.75. The highest BCUT2D eigenvalue weighted by Crippen LogP contribution is 2.19. The average Bonchev–Trinajstić information content (AvgIpc) is 2.92. The summed E-state index contributed by atoms with van der Waals surface area (Å²) in [5.74, 6) is -0.698. The van der Waals surface area contributed by atoms with Gasteiger partial charge < -0.3 is 15.1 Å². The van der Waals surface area contributed by atoms with Crippen LogP contribution in [-0.2, 0) is 4.79 Å². The summed E-state index contributed by atoms with van der Waals surface area (Å²) < 4.78 is 5.16. The van der Waals surface area contributed by atoms with Crippen molar-refractivity contribution in [2.24, 2.45) is 0 Å². The zero-order valence-corrected chi connectivity index (χ0v) is 12.6. The van der Waals surface area contributed by atoms with Gasteiger partial charge >= 0.3 is 0 Å². The van der Waals surface area contributed by atoms with Gasteiger partial charge in [0, 0.05) is 11.3 Å². The fourth-order valence-corrected chi connectivity index (χ4v) is 2.20. The number of amides is 2. The predicted octanol–water partition coefficient (Wildman–Crippen LogP) is 2.85. The molecule has 0 aliphatic carbocycles. The van der Waals surface area contributed by atoms with Crippen LogP contribution in [0.15, 0.2) is 52.9 Å². The lowest BCUT2D eigenvalue weighted by Gasteiger charge is -2.06. The van der Waals surface area contributed by atoms with Gasteiger partial charge in [-0.05, 0) is 41.9 Å². The minimum absolute atomic E-state index is 0.0137. The van der Waals surface area contributed by atoms with Crippen molar-refractivity contribution in [3.8, 4) is 0 Å². The normalized spacial score (nSPS) is 10.5. The predicted molar refractivity (Wildman–Crippen MR) is 86.4 cm³/mol. The van der Waals surface area contributed by atoms with Crippen LogP contribution in [0.3, 0.4) is 0 Å². The fourth-order valence-electron chi connectivity index (χ4n) is 2.03. The topological polar surface area (TPSA) is 84.2 Å². The Morgan fingerprint density at radius 1 is 1.13 bits per heavy atom. The summed E-state index contributed by atoms with van der Waals surface area (Å²) in [4.78, 5) is 27.8. The Kier molecular flexibility index (Phi) is 4.25. The largest absolute Gasteiger partial charge is 0.428 e. The highest BCUT2D eigenvalue weighted by atomic mass is 35.5. The molecule has 0 unspecified atom stereocenters. The second kappa shape index (κ2) is 6.50. The summed E-state index contributed by atoms with van der Waals surface area (Å²) in [6.07, 6.45) is 0. The molecule has 3 aromatic rings. The van der Waals surface area contributed by atoms with E-state index in [2.05, 4.69) is 15.6 Å². The number of halogens is 1. The lowest BCUT2D eigenvalue weighted by atomic mass is 10.2. The highest BCUT2D eigenvalue weighted by molar-refractivity contribution is 6.28. The maximum Gasteiger partial charge on any atom is 0.293 e. The molecule has 6 nitrogen and oxygen atoms in total. The monoisotopic (exact) mass is 329 g/mol. The minimum atomic E-state index is -0.386. The molecule has 0 atom stereocenters. The fraction of sp³-hybridized carbons (Fsp3) is 0.0625. The van der Waals surface area contributed by atoms with Crippen LogP contribution in [0.25, 0.3) is 11.1 Å². The zero-order valence-electron chi connectivity index (χ0n) is 11.9. The molecule has 0 bridgehead atoms. The van der Waals surface area contributed by atoms with Gasteiger partial charge in [-0.1, -0.05) is 18.2 Å². The van der Waals surface area contributed by atoms with E-state index in [-0.39, 0.29) is 23.7 Å². The van der Waals surface area contributed by atoms with Gasteiger partial charge in [-0.15, -0.1) is 0 Å². The van der Waals surface area contributed by atoms with Gasteiger partial charge in [0.15, 0.2) is 5.58 Å². The molecule has 0 fully saturated rings. The highest BCUT2D eigenvalue weighted by Gasteiger charge is 2.11. The number of carbonyl (C=O) groups is 2. The second-order valence-corrected chi connectivity index (χ2v) is 5.07. The molecule has 7 heteroatoms. The molecule has 1 heterocycles. The maximum absolute atomic E-state index is 12.1. The minimum Gasteiger partial charge on any atom is -0.428 e. The van der Waals surface area contributed by atoms with Crippen molar-refractivity contribution in [2.75, 3.05) is 11.9 Å². The van der Waals surface area contributed by atoms with Gasteiger partial charge in [-0.3, -0.25) is 9.59 Å². The summed E-state index contributed by atoms with van der Waals surface area (Å²) in [5, 5.41) is 5.24. The van der Waals surface area contributed by atoms with Gasteiger partial charge in [0.05, 0.1) is 6.54 Å². The van der Waals surface area contributed by atoms with Crippen molar-refractivity contribution in [3.63, 3.8) is 0 Å². The first-order chi connectivity index (χ1) is 11.1. The number of fused-ring (bicyclic) bond motifs is 1. The molecular weight excluding hydrogens is 318 g/mol. The number of hydrogen-bond acceptors (Lipinski definition) is 4. The third-order valence-electron chi connectivity index (χ3n) is 3.09. The van der Waals surface area contributed by atoms with Crippen LogP contribution in [-0.4, -0.2) is 23.3 Å². The number of carbonyl (C=O) groups excluding carboxylic acids is 2. The molecule has 23 heavy (non-hydrogen) atoms. The summed E-state index contributed by atoms with van der Waals surface area (Å²) in [6, 6.07) is 13.7. The van der Waals surface area contributed by atoms with E-state index in [0.29, 0.717) is 22.4 Å². The molecular formula is C16H12ClN3O3. The first-order valence-electron chi connectivity index (χ1n) is 6.81. The van der Waals surface area contributed by atoms with E-state index in [9.17, 15) is 9.59 Å². The van der Waals surface area contributed by atoms with E-state index in [1.54, 1.807) is 24.3 Å². The van der Waals surface area contributed by atoms with Gasteiger partial charge in [-0.25, -0.2) is 0 Å². The molecule has 2 aromatic carbocycles. The van der Waals surface area contributed by atoms with Gasteiger partial charge in [0.1, 0.15) is 5.52 Å². The van der Waals surface area contributed by atoms with Crippen molar-refractivity contribution in [1.29, 1.82) is 0 Å². The van der Waals surface area contributed by atoms with Crippen LogP contribution in [0, 0.1) is 0 Å². The SMILES string of the molecule is O=C(CNC(=O)c1ccc2nc(Cl)oc2c1)Nc1ccccc1. The third-order valence-corrected chi connectivity index (χ3v) is 3.25. The Morgan fingerprint density at radius 2 is 1.91 bits per heavy atom. The Bertz CT molecular complexity index is 861. The molecule has 0 saturated carbocycles. The number of oxazole rings is 1. The molecule has 0 radical (unpaired) electrons. The number of nitrogens with one attached hydrogen (secondary N) is 2. The molecule has 1 aromatic heterocycles. The Morgan fingerprint density at radius 3 is 2.70 bits per heavy atom. The summed E-state index contributed by atoms with van der Waals surface area (Å²) in [6.45, 7) is -0.136. The Balaban J connectivity index is 1.60. The van der Waals surface area contributed by atoms with Crippen LogP contribution < -0.4 is 10.6 Å². The number of benzene rings is 2. The molecule has 0 spiro atoms. The molecule has 3 rings (SSSR count). The maximum atomic E-state index is 12.1. The Hall–Kier alpha value is -2.86. The van der Waals surface area contributed by atoms with Crippen molar-refractivity contribution in [1.82, 2.24) is 10.3 Å². The van der Waals surface area contributed by atoms with Gasteiger partial charge in [0.25, 0.3) is 11.3 Å². The zero-order chi connectivity index (χ0) is 16.2. The van der Waals surface area contributed by atoms with Crippen LogP contribution >= 0.6 is 11.6 Å². The van der Waals surface area contributed by atoms with E-state index in [1.165, 1.54) is 6.07 Å². The summed E-state index contributed by atoms with van der Waals surface area (Å²) >= 11 is 5.66. The van der Waals surface area contributed by atoms with E-state index >= 15 is 0 Å². The van der Waals surface area contributed by atoms with Crippen LogP contribution in [0.4, 0.5) is 5.69 Å². The lowest BCUT2D eigenvalue weighted by Crippen LogP contribution is -2.32. The van der Waals surface area contributed by atoms with E-state index in [1.807, 2.05) is 18.2 Å². The molecule has 2 N–H and O–H groups in total. The average molecular weight is 330 g/mol. The van der Waals surface area contributed by atoms with Crippen LogP contribution in [0.2, 0.25) is 5.35 Å². The van der Waals surface area contributed by atoms with Crippen molar-refractivity contribution < 1.29 is 14.0 Å². The van der Waals surface area contributed by atoms with Crippen molar-refractivity contribution in [2.45, 2.75) is 0 Å². The summed E-state index contributed by atoms with van der Waals surface area (Å²) in [5.41, 5.74) is 2.01. The molecule has 116 valence electrons. The lowest BCUT2D eigenvalue weighted by molar-refractivity contribution is -0.115. The van der Waals surface area contributed by atoms with Crippen molar-refractivity contribution >= 4 is 40.2 Å². The smallest absolute Gasteiger partial charge is 0.293 e. The molecule has 0 saturated heterocycles. The molecule has 0 aliphatic rings. The molecule has 0 aliphatic heterocycles. The number of anilines is 1. The van der Waals surface area contributed by atoms with Crippen molar-refractivity contribution in [3.05, 3.63) is 59.4 Å². The first kappa shape index (κ1) is 15.1. The van der Waals surface area contributed by atoms with Gasteiger partial charge in [-0.2, -0.15) is 4.98 Å². The number of hydrogen-bond donors (Lipinski definition) is 2. The van der Waals surface area contributed by atoms with E-state index in [0.717, 1.165) is 0 Å². The number of para-hydroxylation sites is 1. The first-order valence-corrected chi connectivity index (χ1v) is 7.19. The van der Waals surface area contributed by atoms with Crippen LogP contribution in [0.1, 0.15) is 10.4 Å². The standard InChI is InChI=1S/C16H12ClN3O3/c17-16-20-12-7-6-10(8-13(12)23-16)15(22)18-9-14(21)19-11-4-2-1-3-5-11/h1-8H,9H2,(H,18,22)(H,19,21). The summed E-state index contributed by atoms with van der Waals surface area (Å²) in [7, 11) is 0. The van der Waals surface area contributed by atoms with Gasteiger partial charge in [0.2, 0.25) is 5.91 Å². The number of rotatable bonds is 4. The molecule has 2 amide bonds. The van der Waals surface area contributed by atoms with E-state index < -0.39 is 0 Å².